The summed E-state index contributed by atoms with van der Waals surface area (Å²) in [6.07, 6.45) is -5.08. The molecule has 1 aliphatic carbocycles. The fraction of sp³-hybridized carbons (Fsp3) is 0.667. The molecule has 0 radical (unpaired) electrons. The number of hydrogen-bond acceptors (Lipinski definition) is 8. The maximum absolute atomic E-state index is 10.8. The van der Waals surface area contributed by atoms with Crippen molar-refractivity contribution in [1.29, 1.82) is 0 Å². The highest BCUT2D eigenvalue weighted by Gasteiger charge is 2.47. The number of benzene rings is 1. The molecule has 9 nitrogen and oxygen atoms in total. The highest BCUT2D eigenvalue weighted by Crippen LogP contribution is 2.39. The van der Waals surface area contributed by atoms with Crippen molar-refractivity contribution in [2.45, 2.75) is 62.5 Å². The molecule has 30 heavy (non-hydrogen) atoms. The molecule has 1 saturated carbocycles. The van der Waals surface area contributed by atoms with Gasteiger partial charge in [0.2, 0.25) is 12.6 Å². The van der Waals surface area contributed by atoms with Crippen molar-refractivity contribution < 1.29 is 39.4 Å². The molecule has 1 aromatic carbocycles. The zero-order valence-corrected chi connectivity index (χ0v) is 17.3. The van der Waals surface area contributed by atoms with Gasteiger partial charge in [-0.25, -0.2) is 4.79 Å². The minimum absolute atomic E-state index is 0.386. The summed E-state index contributed by atoms with van der Waals surface area (Å²) in [7, 11) is 4.14. The summed E-state index contributed by atoms with van der Waals surface area (Å²) in [6, 6.07) is 7.50. The van der Waals surface area contributed by atoms with Gasteiger partial charge in [-0.2, -0.15) is 0 Å². The van der Waals surface area contributed by atoms with Crippen molar-refractivity contribution in [2.75, 3.05) is 20.6 Å². The van der Waals surface area contributed by atoms with Crippen LogP contribution in [0.1, 0.15) is 37.2 Å². The molecule has 9 heteroatoms. The minimum Gasteiger partial charge on any atom is -0.462 e. The van der Waals surface area contributed by atoms with Crippen LogP contribution >= 0.6 is 0 Å². The van der Waals surface area contributed by atoms with Crippen LogP contribution in [0.4, 0.5) is 4.79 Å². The van der Waals surface area contributed by atoms with Gasteiger partial charge in [-0.3, -0.25) is 4.74 Å². The summed E-state index contributed by atoms with van der Waals surface area (Å²) in [6.45, 7) is 0.999. The van der Waals surface area contributed by atoms with E-state index in [1.807, 2.05) is 12.1 Å². The third-order valence-corrected chi connectivity index (χ3v) is 5.79. The van der Waals surface area contributed by atoms with E-state index >= 15 is 0 Å². The molecule has 0 aromatic heterocycles. The van der Waals surface area contributed by atoms with Gasteiger partial charge in [-0.1, -0.05) is 25.0 Å². The van der Waals surface area contributed by atoms with E-state index in [4.69, 9.17) is 14.6 Å². The van der Waals surface area contributed by atoms with Gasteiger partial charge >= 0.3 is 6.16 Å². The predicted octanol–water partition coefficient (Wildman–Crippen LogP) is 1.36. The molecule has 7 atom stereocenters. The van der Waals surface area contributed by atoms with Crippen LogP contribution < -0.4 is 4.74 Å². The van der Waals surface area contributed by atoms with Gasteiger partial charge in [0.25, 0.3) is 0 Å². The first-order valence-corrected chi connectivity index (χ1v) is 10.3. The number of rotatable bonds is 6. The Morgan fingerprint density at radius 2 is 1.80 bits per heavy atom. The van der Waals surface area contributed by atoms with Crippen molar-refractivity contribution in [1.82, 2.24) is 4.90 Å². The molecule has 2 aliphatic rings. The molecule has 0 bridgehead atoms. The van der Waals surface area contributed by atoms with Gasteiger partial charge in [-0.05, 0) is 56.5 Å². The van der Waals surface area contributed by atoms with Gasteiger partial charge in [0.05, 0.1) is 0 Å². The second-order valence-electron chi connectivity index (χ2n) is 8.33. The SMILES string of the molecule is CN(C)CC1CCCCC1c1cccc(OC2OC(OC(=O)O)C(O)C(O)C2O)c1. The van der Waals surface area contributed by atoms with Crippen LogP contribution in [0.25, 0.3) is 0 Å². The number of nitrogens with zero attached hydrogens (tertiary/aromatic N) is 1. The van der Waals surface area contributed by atoms with Gasteiger partial charge in [0.1, 0.15) is 24.1 Å². The Balaban J connectivity index is 1.74. The smallest absolute Gasteiger partial charge is 0.462 e. The second-order valence-corrected chi connectivity index (χ2v) is 8.33. The summed E-state index contributed by atoms with van der Waals surface area (Å²) in [4.78, 5) is 13.0. The first-order valence-electron chi connectivity index (χ1n) is 10.3. The highest BCUT2D eigenvalue weighted by molar-refractivity contribution is 5.57. The topological polar surface area (TPSA) is 129 Å². The molecular formula is C21H31NO8. The van der Waals surface area contributed by atoms with Crippen molar-refractivity contribution in [2.24, 2.45) is 5.92 Å². The zero-order valence-electron chi connectivity index (χ0n) is 17.3. The third-order valence-electron chi connectivity index (χ3n) is 5.79. The van der Waals surface area contributed by atoms with Crippen LogP contribution in [0.3, 0.4) is 0 Å². The van der Waals surface area contributed by atoms with Gasteiger partial charge < -0.3 is 34.8 Å². The fourth-order valence-electron chi connectivity index (χ4n) is 4.40. The van der Waals surface area contributed by atoms with E-state index in [1.54, 1.807) is 6.07 Å². The van der Waals surface area contributed by atoms with Crippen LogP contribution in [0.5, 0.6) is 5.75 Å². The van der Waals surface area contributed by atoms with E-state index in [1.165, 1.54) is 12.8 Å². The lowest BCUT2D eigenvalue weighted by molar-refractivity contribution is -0.321. The molecule has 3 rings (SSSR count). The second kappa shape index (κ2) is 9.93. The third kappa shape index (κ3) is 5.41. The summed E-state index contributed by atoms with van der Waals surface area (Å²) < 4.78 is 15.4. The molecular weight excluding hydrogens is 394 g/mol. The van der Waals surface area contributed by atoms with E-state index in [0.29, 0.717) is 17.6 Å². The summed E-state index contributed by atoms with van der Waals surface area (Å²) in [5, 5.41) is 38.9. The molecule has 1 heterocycles. The largest absolute Gasteiger partial charge is 0.508 e. The number of aliphatic hydroxyl groups excluding tert-OH is 3. The van der Waals surface area contributed by atoms with E-state index in [0.717, 1.165) is 24.9 Å². The lowest BCUT2D eigenvalue weighted by Crippen LogP contribution is -2.60. The number of carbonyl (C=O) groups is 1. The average Bonchev–Trinajstić information content (AvgIpc) is 2.70. The van der Waals surface area contributed by atoms with E-state index in [2.05, 4.69) is 29.8 Å². The molecule has 2 fully saturated rings. The van der Waals surface area contributed by atoms with Gasteiger partial charge in [0.15, 0.2) is 0 Å². The summed E-state index contributed by atoms with van der Waals surface area (Å²) >= 11 is 0. The Bertz CT molecular complexity index is 714. The first-order chi connectivity index (χ1) is 14.3. The Labute approximate surface area is 175 Å². The number of carboxylic acid groups (broad SMARTS) is 1. The average molecular weight is 425 g/mol. The molecule has 1 aliphatic heterocycles. The summed E-state index contributed by atoms with van der Waals surface area (Å²) in [5.41, 5.74) is 1.13. The lowest BCUT2D eigenvalue weighted by Gasteiger charge is -2.39. The van der Waals surface area contributed by atoms with Crippen LogP contribution in [0, 0.1) is 5.92 Å². The van der Waals surface area contributed by atoms with Gasteiger partial charge in [-0.15, -0.1) is 0 Å². The zero-order chi connectivity index (χ0) is 21.8. The van der Waals surface area contributed by atoms with E-state index in [-0.39, 0.29) is 0 Å². The van der Waals surface area contributed by atoms with Crippen molar-refractivity contribution >= 4 is 6.16 Å². The molecule has 0 spiro atoms. The Hall–Kier alpha value is -1.91. The maximum Gasteiger partial charge on any atom is 0.508 e. The van der Waals surface area contributed by atoms with Crippen LogP contribution in [0.15, 0.2) is 24.3 Å². The van der Waals surface area contributed by atoms with Crippen LogP contribution in [-0.2, 0) is 9.47 Å². The van der Waals surface area contributed by atoms with Crippen molar-refractivity contribution in [3.05, 3.63) is 29.8 Å². The minimum atomic E-state index is -1.73. The van der Waals surface area contributed by atoms with E-state index < -0.39 is 37.0 Å². The Morgan fingerprint density at radius 1 is 1.10 bits per heavy atom. The molecule has 1 aromatic rings. The monoisotopic (exact) mass is 425 g/mol. The maximum atomic E-state index is 10.8. The van der Waals surface area contributed by atoms with Crippen molar-refractivity contribution in [3.63, 3.8) is 0 Å². The predicted molar refractivity (Wildman–Crippen MR) is 106 cm³/mol. The van der Waals surface area contributed by atoms with Crippen LogP contribution in [0.2, 0.25) is 0 Å². The molecule has 0 amide bonds. The standard InChI is InChI=1S/C21H31NO8/c1-22(2)11-13-6-3-4-9-15(13)12-7-5-8-14(10-12)28-19-17(24)16(23)18(25)20(29-19)30-21(26)27/h5,7-8,10,13,15-20,23-25H,3-4,6,9,11H2,1-2H3,(H,26,27). The van der Waals surface area contributed by atoms with Crippen molar-refractivity contribution in [3.8, 4) is 5.75 Å². The molecule has 168 valence electrons. The van der Waals surface area contributed by atoms with Crippen LogP contribution in [-0.4, -0.2) is 83.0 Å². The fourth-order valence-corrected chi connectivity index (χ4v) is 4.40. The molecule has 1 saturated heterocycles. The quantitative estimate of drug-likeness (QED) is 0.499. The number of ether oxygens (including phenoxy) is 3. The normalized spacial score (nSPS) is 34.5. The van der Waals surface area contributed by atoms with E-state index in [9.17, 15) is 20.1 Å². The lowest BCUT2D eigenvalue weighted by atomic mass is 9.75. The first kappa shape index (κ1) is 22.8. The highest BCUT2D eigenvalue weighted by atomic mass is 16.8. The molecule has 7 unspecified atom stereocenters. The summed E-state index contributed by atoms with van der Waals surface area (Å²) in [5.74, 6) is 1.34. The molecule has 4 N–H and O–H groups in total. The number of aliphatic hydroxyl groups is 3. The Morgan fingerprint density at radius 3 is 2.50 bits per heavy atom. The van der Waals surface area contributed by atoms with Gasteiger partial charge in [0, 0.05) is 6.54 Å². The Kier molecular flexibility index (Phi) is 7.54. The number of hydrogen-bond donors (Lipinski definition) is 4.